The van der Waals surface area contributed by atoms with Crippen molar-refractivity contribution in [2.24, 2.45) is 0 Å². The molecule has 0 aliphatic rings. The molecule has 0 fully saturated rings. The van der Waals surface area contributed by atoms with E-state index in [-0.39, 0.29) is 0 Å². The molecule has 78 heavy (non-hydrogen) atoms. The first-order chi connectivity index (χ1) is 38.7. The summed E-state index contributed by atoms with van der Waals surface area (Å²) in [6.07, 6.45) is 8.71. The van der Waals surface area contributed by atoms with Crippen molar-refractivity contribution in [2.75, 3.05) is 0 Å². The van der Waals surface area contributed by atoms with Gasteiger partial charge in [-0.05, 0) is 89.0 Å². The summed E-state index contributed by atoms with van der Waals surface area (Å²) in [4.78, 5) is 28.3. The van der Waals surface area contributed by atoms with Gasteiger partial charge < -0.3 is 0 Å². The number of thiophene rings is 3. The van der Waals surface area contributed by atoms with E-state index in [9.17, 15) is 0 Å². The summed E-state index contributed by atoms with van der Waals surface area (Å²) in [7, 11) is 0. The van der Waals surface area contributed by atoms with Crippen molar-refractivity contribution < 1.29 is 0 Å². The van der Waals surface area contributed by atoms with E-state index in [1.165, 1.54) is 87.6 Å². The number of hydrogen-bond donors (Lipinski definition) is 0. The number of rotatable bonds is 5. The molecule has 362 valence electrons. The lowest BCUT2D eigenvalue weighted by molar-refractivity contribution is 0.941. The summed E-state index contributed by atoms with van der Waals surface area (Å²) in [6, 6.07) is 66.6. The second-order valence-electron chi connectivity index (χ2n) is 19.9. The first kappa shape index (κ1) is 42.5. The van der Waals surface area contributed by atoms with E-state index in [2.05, 4.69) is 189 Å². The van der Waals surface area contributed by atoms with Crippen molar-refractivity contribution in [3.8, 4) is 40.0 Å². The summed E-state index contributed by atoms with van der Waals surface area (Å²) in [5.74, 6) is 2.15. The quantitative estimate of drug-likeness (QED) is 0.171. The van der Waals surface area contributed by atoms with E-state index in [0.29, 0.717) is 11.9 Å². The lowest BCUT2D eigenvalue weighted by Gasteiger charge is -2.08. The summed E-state index contributed by atoms with van der Waals surface area (Å²) in [5, 5.41) is 14.5. The Labute approximate surface area is 453 Å². The molecule has 12 heteroatoms. The third-order valence-corrected chi connectivity index (χ3v) is 19.5. The molecular formula is C66H35N9S3. The van der Waals surface area contributed by atoms with Crippen LogP contribution in [0.15, 0.2) is 213 Å². The average molecular weight is 1050 g/mol. The number of hydrogen-bond acceptors (Lipinski definition) is 9. The van der Waals surface area contributed by atoms with Crippen LogP contribution in [0.5, 0.6) is 0 Å². The monoisotopic (exact) mass is 1050 g/mol. The van der Waals surface area contributed by atoms with E-state index in [0.717, 1.165) is 66.4 Å². The zero-order valence-corrected chi connectivity index (χ0v) is 43.4. The smallest absolute Gasteiger partial charge is 0.237 e. The van der Waals surface area contributed by atoms with Crippen LogP contribution in [-0.2, 0) is 0 Å². The molecular weight excluding hydrogens is 1010 g/mol. The van der Waals surface area contributed by atoms with Gasteiger partial charge in [0.1, 0.15) is 18.5 Å². The Hall–Kier alpha value is -9.72. The van der Waals surface area contributed by atoms with Gasteiger partial charge >= 0.3 is 0 Å². The third-order valence-electron chi connectivity index (χ3n) is 15.9. The Kier molecular flexibility index (Phi) is 8.67. The molecule has 0 spiro atoms. The van der Waals surface area contributed by atoms with E-state index < -0.39 is 0 Å². The van der Waals surface area contributed by atoms with Gasteiger partial charge in [-0.1, -0.05) is 115 Å². The highest BCUT2D eigenvalue weighted by atomic mass is 32.1. The van der Waals surface area contributed by atoms with Crippen LogP contribution in [0.2, 0.25) is 0 Å². The predicted molar refractivity (Wildman–Crippen MR) is 326 cm³/mol. The second kappa shape index (κ2) is 15.9. The molecule has 9 nitrogen and oxygen atoms in total. The van der Waals surface area contributed by atoms with Crippen LogP contribution < -0.4 is 0 Å². The van der Waals surface area contributed by atoms with Gasteiger partial charge in [0, 0.05) is 97.3 Å². The van der Waals surface area contributed by atoms with Gasteiger partial charge in [0.05, 0.1) is 47.2 Å². The molecule has 18 aromatic rings. The Morgan fingerprint density at radius 1 is 0.282 bits per heavy atom. The van der Waals surface area contributed by atoms with Crippen LogP contribution in [0.25, 0.3) is 166 Å². The Bertz CT molecular complexity index is 5580. The molecule has 0 N–H and O–H groups in total. The minimum Gasteiger partial charge on any atom is -0.292 e. The van der Waals surface area contributed by atoms with Crippen molar-refractivity contribution in [3.63, 3.8) is 0 Å². The maximum absolute atomic E-state index is 4.91. The molecule has 9 aromatic heterocycles. The molecule has 9 heterocycles. The average Bonchev–Trinajstić information content (AvgIpc) is 4.38. The fourth-order valence-corrected chi connectivity index (χ4v) is 16.2. The van der Waals surface area contributed by atoms with Crippen LogP contribution in [0, 0.1) is 0 Å². The van der Waals surface area contributed by atoms with E-state index >= 15 is 0 Å². The molecule has 0 bridgehead atoms. The van der Waals surface area contributed by atoms with E-state index in [4.69, 9.17) is 24.9 Å². The fourth-order valence-electron chi connectivity index (χ4n) is 12.5. The number of aromatic nitrogens is 9. The largest absolute Gasteiger partial charge is 0.292 e. The number of benzene rings is 9. The van der Waals surface area contributed by atoms with Gasteiger partial charge in [0.2, 0.25) is 11.9 Å². The molecule has 0 amide bonds. The maximum Gasteiger partial charge on any atom is 0.237 e. The lowest BCUT2D eigenvalue weighted by Crippen LogP contribution is -2.00. The predicted octanol–water partition coefficient (Wildman–Crippen LogP) is 17.8. The van der Waals surface area contributed by atoms with Gasteiger partial charge in [-0.25, -0.2) is 29.9 Å². The molecule has 0 saturated heterocycles. The highest BCUT2D eigenvalue weighted by Crippen LogP contribution is 2.48. The van der Waals surface area contributed by atoms with Crippen LogP contribution >= 0.6 is 34.0 Å². The van der Waals surface area contributed by atoms with Crippen molar-refractivity contribution in [2.45, 2.75) is 0 Å². The molecule has 0 atom stereocenters. The van der Waals surface area contributed by atoms with Crippen molar-refractivity contribution in [3.05, 3.63) is 213 Å². The molecule has 0 unspecified atom stereocenters. The number of pyridine rings is 1. The first-order valence-electron chi connectivity index (χ1n) is 25.7. The maximum atomic E-state index is 4.91. The number of nitrogens with zero attached hydrogens (tertiary/aromatic N) is 9. The summed E-state index contributed by atoms with van der Waals surface area (Å²) >= 11 is 5.50. The van der Waals surface area contributed by atoms with Gasteiger partial charge in [-0.3, -0.25) is 13.7 Å². The highest BCUT2D eigenvalue weighted by Gasteiger charge is 2.24. The van der Waals surface area contributed by atoms with Crippen LogP contribution in [0.3, 0.4) is 0 Å². The summed E-state index contributed by atoms with van der Waals surface area (Å²) < 4.78 is 14.2. The van der Waals surface area contributed by atoms with Gasteiger partial charge in [-0.2, -0.15) is 0 Å². The molecule has 18 rings (SSSR count). The first-order valence-corrected chi connectivity index (χ1v) is 28.2. The Balaban J connectivity index is 0.801. The molecule has 0 aliphatic carbocycles. The van der Waals surface area contributed by atoms with Crippen molar-refractivity contribution >= 4 is 160 Å². The lowest BCUT2D eigenvalue weighted by atomic mass is 10.00. The SMILES string of the molecule is c1ccc(-n2c3ccccc3c3ccc4c5cc(-c6ccc7c8ccc9c%10cc(-c%11ccc%12c%13ccc%14c%15ccccc%15sc%14c%13n(-c%13ncncn%13)c%12c%11)ccc%10sc9c8n(-c8ncccn8)c7c6)ccc5sc4c32)nc1. The standard InChI is InChI=1S/C66H35N9S3/c1-3-10-52-40(8-1)44-20-23-48-50-30-36(15-25-56(50)77-63(48)59(44)73(52)58-12-5-6-27-68-58)38-13-17-41-46-21-24-49-51-31-37(16-26-57(51)78-64(49)61(46)74(53(41)32-38)65-69-28-7-29-70-65)39-14-18-42-45-19-22-47-43-9-2-4-11-55(43)76-62(47)60(45)75(54(42)33-39)66-71-34-67-35-72-66/h1-35H. The van der Waals surface area contributed by atoms with Gasteiger partial charge in [-0.15, -0.1) is 34.0 Å². The van der Waals surface area contributed by atoms with Crippen molar-refractivity contribution in [1.29, 1.82) is 0 Å². The minimum absolute atomic E-state index is 0.598. The fraction of sp³-hybridized carbons (Fsp3) is 0. The Morgan fingerprint density at radius 2 is 0.718 bits per heavy atom. The third kappa shape index (κ3) is 5.87. The zero-order chi connectivity index (χ0) is 50.7. The Morgan fingerprint density at radius 3 is 1.31 bits per heavy atom. The van der Waals surface area contributed by atoms with E-state index in [1.807, 2.05) is 64.7 Å². The number of para-hydroxylation sites is 1. The van der Waals surface area contributed by atoms with E-state index in [1.54, 1.807) is 12.7 Å². The summed E-state index contributed by atoms with van der Waals surface area (Å²) in [5.41, 5.74) is 11.2. The summed E-state index contributed by atoms with van der Waals surface area (Å²) in [6.45, 7) is 0. The molecule has 0 aliphatic heterocycles. The molecule has 0 saturated carbocycles. The van der Waals surface area contributed by atoms with Crippen LogP contribution in [0.4, 0.5) is 0 Å². The zero-order valence-electron chi connectivity index (χ0n) is 41.0. The van der Waals surface area contributed by atoms with Crippen molar-refractivity contribution in [1.82, 2.24) is 43.6 Å². The number of fused-ring (bicyclic) bond motifs is 21. The highest BCUT2D eigenvalue weighted by molar-refractivity contribution is 7.27. The minimum atomic E-state index is 0.598. The van der Waals surface area contributed by atoms with Gasteiger partial charge in [0.25, 0.3) is 0 Å². The second-order valence-corrected chi connectivity index (χ2v) is 23.1. The topological polar surface area (TPSA) is 92.1 Å². The van der Waals surface area contributed by atoms with Gasteiger partial charge in [0.15, 0.2) is 0 Å². The van der Waals surface area contributed by atoms with Crippen LogP contribution in [-0.4, -0.2) is 43.6 Å². The molecule has 9 aromatic carbocycles. The normalized spacial score (nSPS) is 12.4. The van der Waals surface area contributed by atoms with Crippen LogP contribution in [0.1, 0.15) is 0 Å². The molecule has 0 radical (unpaired) electrons.